The number of ether oxygens (including phenoxy) is 2. The molecule has 0 bridgehead atoms. The van der Waals surface area contributed by atoms with Crippen molar-refractivity contribution in [2.24, 2.45) is 0 Å². The molecule has 6 nitrogen and oxygen atoms in total. The van der Waals surface area contributed by atoms with Crippen LogP contribution in [0.1, 0.15) is 30.6 Å². The van der Waals surface area contributed by atoms with Crippen LogP contribution >= 0.6 is 0 Å². The molecule has 0 unspecified atom stereocenters. The fourth-order valence-corrected chi connectivity index (χ4v) is 2.06. The molecule has 122 valence electrons. The Hall–Kier alpha value is -2.24. The first-order chi connectivity index (χ1) is 10.5. The highest BCUT2D eigenvalue weighted by Gasteiger charge is 2.12. The van der Waals surface area contributed by atoms with Crippen molar-refractivity contribution in [1.29, 1.82) is 0 Å². The number of hydrogen-bond donors (Lipinski definition) is 1. The molecular formula is C16H24N2O4. The zero-order chi connectivity index (χ0) is 16.5. The van der Waals surface area contributed by atoms with Crippen molar-refractivity contribution in [3.8, 4) is 11.5 Å². The van der Waals surface area contributed by atoms with Gasteiger partial charge < -0.3 is 19.7 Å². The minimum atomic E-state index is -0.260. The van der Waals surface area contributed by atoms with E-state index in [1.165, 1.54) is 14.2 Å². The number of carbonyl (C=O) groups is 2. The first-order valence-corrected chi connectivity index (χ1v) is 7.34. The topological polar surface area (TPSA) is 67.9 Å². The molecule has 0 aliphatic heterocycles. The van der Waals surface area contributed by atoms with Gasteiger partial charge in [0.2, 0.25) is 5.91 Å². The van der Waals surface area contributed by atoms with Gasteiger partial charge in [0.15, 0.2) is 0 Å². The van der Waals surface area contributed by atoms with E-state index in [2.05, 4.69) is 5.32 Å². The summed E-state index contributed by atoms with van der Waals surface area (Å²) < 4.78 is 10.3. The molecule has 0 aliphatic rings. The molecule has 0 saturated carbocycles. The smallest absolute Gasteiger partial charge is 0.251 e. The summed E-state index contributed by atoms with van der Waals surface area (Å²) in [7, 11) is 3.05. The number of carbonyl (C=O) groups excluding carboxylic acids is 2. The largest absolute Gasteiger partial charge is 0.497 e. The minimum Gasteiger partial charge on any atom is -0.497 e. The molecule has 22 heavy (non-hydrogen) atoms. The minimum absolute atomic E-state index is 0.0357. The van der Waals surface area contributed by atoms with Crippen LogP contribution in [0.4, 0.5) is 0 Å². The second kappa shape index (κ2) is 8.92. The highest BCUT2D eigenvalue weighted by molar-refractivity contribution is 5.95. The number of rotatable bonds is 8. The van der Waals surface area contributed by atoms with Gasteiger partial charge in [-0.25, -0.2) is 0 Å². The molecule has 1 aromatic carbocycles. The predicted octanol–water partition coefficient (Wildman–Crippen LogP) is 1.69. The number of methoxy groups -OCH3 is 2. The molecule has 1 N–H and O–H groups in total. The molecule has 1 rings (SSSR count). The van der Waals surface area contributed by atoms with Crippen molar-refractivity contribution in [3.63, 3.8) is 0 Å². The van der Waals surface area contributed by atoms with Crippen molar-refractivity contribution in [2.75, 3.05) is 33.9 Å². The number of nitrogens with zero attached hydrogens (tertiary/aromatic N) is 1. The molecule has 0 atom stereocenters. The molecule has 0 spiro atoms. The first-order valence-electron chi connectivity index (χ1n) is 7.34. The van der Waals surface area contributed by atoms with Crippen molar-refractivity contribution in [3.05, 3.63) is 23.8 Å². The molecular weight excluding hydrogens is 284 g/mol. The van der Waals surface area contributed by atoms with E-state index in [1.54, 1.807) is 23.1 Å². The SMILES string of the molecule is CCN(CC)C(=O)CCNC(=O)c1cc(OC)cc(OC)c1. The van der Waals surface area contributed by atoms with Crippen LogP contribution in [0.5, 0.6) is 11.5 Å². The molecule has 6 heteroatoms. The molecule has 2 amide bonds. The van der Waals surface area contributed by atoms with Gasteiger partial charge in [-0.15, -0.1) is 0 Å². The van der Waals surface area contributed by atoms with E-state index >= 15 is 0 Å². The zero-order valence-corrected chi connectivity index (χ0v) is 13.6. The Kier molecular flexibility index (Phi) is 7.22. The van der Waals surface area contributed by atoms with Crippen molar-refractivity contribution < 1.29 is 19.1 Å². The summed E-state index contributed by atoms with van der Waals surface area (Å²) in [6.07, 6.45) is 0.286. The van der Waals surface area contributed by atoms with Crippen molar-refractivity contribution >= 4 is 11.8 Å². The van der Waals surface area contributed by atoms with Crippen LogP contribution in [0.2, 0.25) is 0 Å². The maximum atomic E-state index is 12.1. The highest BCUT2D eigenvalue weighted by Crippen LogP contribution is 2.22. The second-order valence-electron chi connectivity index (χ2n) is 4.67. The summed E-state index contributed by atoms with van der Waals surface area (Å²) in [4.78, 5) is 25.7. The monoisotopic (exact) mass is 308 g/mol. The van der Waals surface area contributed by atoms with E-state index in [0.717, 1.165) is 0 Å². The van der Waals surface area contributed by atoms with E-state index in [-0.39, 0.29) is 18.2 Å². The third-order valence-electron chi connectivity index (χ3n) is 3.35. The lowest BCUT2D eigenvalue weighted by atomic mass is 10.2. The van der Waals surface area contributed by atoms with Crippen molar-refractivity contribution in [2.45, 2.75) is 20.3 Å². The van der Waals surface area contributed by atoms with E-state index in [4.69, 9.17) is 9.47 Å². The van der Waals surface area contributed by atoms with E-state index in [9.17, 15) is 9.59 Å². The van der Waals surface area contributed by atoms with Crippen LogP contribution < -0.4 is 14.8 Å². The fraction of sp³-hybridized carbons (Fsp3) is 0.500. The van der Waals surface area contributed by atoms with Crippen molar-refractivity contribution in [1.82, 2.24) is 10.2 Å². The maximum absolute atomic E-state index is 12.1. The summed E-state index contributed by atoms with van der Waals surface area (Å²) in [6, 6.07) is 4.95. The second-order valence-corrected chi connectivity index (χ2v) is 4.67. The summed E-state index contributed by atoms with van der Waals surface area (Å²) in [5.74, 6) is 0.866. The van der Waals surface area contributed by atoms with E-state index < -0.39 is 0 Å². The Balaban J connectivity index is 2.60. The molecule has 1 aromatic rings. The number of benzene rings is 1. The third-order valence-corrected chi connectivity index (χ3v) is 3.35. The van der Waals surface area contributed by atoms with E-state index in [1.807, 2.05) is 13.8 Å². The van der Waals surface area contributed by atoms with Crippen LogP contribution in [-0.2, 0) is 4.79 Å². The van der Waals surface area contributed by atoms with Gasteiger partial charge in [0, 0.05) is 37.7 Å². The lowest BCUT2D eigenvalue weighted by Gasteiger charge is -2.18. The Labute approximate surface area is 131 Å². The summed E-state index contributed by atoms with van der Waals surface area (Å²) in [6.45, 7) is 5.52. The molecule has 0 saturated heterocycles. The molecule has 0 aromatic heterocycles. The summed E-state index contributed by atoms with van der Waals surface area (Å²) in [5.41, 5.74) is 0.437. The highest BCUT2D eigenvalue weighted by atomic mass is 16.5. The Morgan fingerprint density at radius 1 is 1.05 bits per heavy atom. The van der Waals surface area contributed by atoms with Gasteiger partial charge in [-0.05, 0) is 26.0 Å². The van der Waals surface area contributed by atoms with Gasteiger partial charge in [0.1, 0.15) is 11.5 Å². The van der Waals surface area contributed by atoms with Crippen LogP contribution in [0.3, 0.4) is 0 Å². The normalized spacial score (nSPS) is 10.0. The molecule has 0 radical (unpaired) electrons. The average Bonchev–Trinajstić information content (AvgIpc) is 2.55. The lowest BCUT2D eigenvalue weighted by Crippen LogP contribution is -2.34. The predicted molar refractivity (Wildman–Crippen MR) is 84.4 cm³/mol. The van der Waals surface area contributed by atoms with E-state index in [0.29, 0.717) is 36.7 Å². The third kappa shape index (κ3) is 4.95. The fourth-order valence-electron chi connectivity index (χ4n) is 2.06. The Morgan fingerprint density at radius 2 is 1.59 bits per heavy atom. The average molecular weight is 308 g/mol. The Morgan fingerprint density at radius 3 is 2.05 bits per heavy atom. The van der Waals surface area contributed by atoms with Crippen LogP contribution in [0.15, 0.2) is 18.2 Å². The van der Waals surface area contributed by atoms with Gasteiger partial charge in [0.05, 0.1) is 14.2 Å². The molecule has 0 heterocycles. The first kappa shape index (κ1) is 17.8. The summed E-state index contributed by atoms with van der Waals surface area (Å²) in [5, 5.41) is 2.74. The lowest BCUT2D eigenvalue weighted by molar-refractivity contribution is -0.130. The standard InChI is InChI=1S/C16H24N2O4/c1-5-18(6-2)15(19)7-8-17-16(20)12-9-13(21-3)11-14(10-12)22-4/h9-11H,5-8H2,1-4H3,(H,17,20). The van der Waals surface area contributed by atoms with Gasteiger partial charge in [-0.1, -0.05) is 0 Å². The van der Waals surface area contributed by atoms with Crippen LogP contribution in [-0.4, -0.2) is 50.6 Å². The van der Waals surface area contributed by atoms with Gasteiger partial charge in [-0.3, -0.25) is 9.59 Å². The quantitative estimate of drug-likeness (QED) is 0.793. The number of hydrogen-bond acceptors (Lipinski definition) is 4. The van der Waals surface area contributed by atoms with Crippen LogP contribution in [0.25, 0.3) is 0 Å². The number of nitrogens with one attached hydrogen (secondary N) is 1. The van der Waals surface area contributed by atoms with Crippen LogP contribution in [0, 0.1) is 0 Å². The maximum Gasteiger partial charge on any atom is 0.251 e. The zero-order valence-electron chi connectivity index (χ0n) is 13.6. The Bertz CT molecular complexity index is 491. The number of amides is 2. The van der Waals surface area contributed by atoms with Gasteiger partial charge in [0.25, 0.3) is 5.91 Å². The molecule has 0 fully saturated rings. The van der Waals surface area contributed by atoms with Gasteiger partial charge >= 0.3 is 0 Å². The van der Waals surface area contributed by atoms with Gasteiger partial charge in [-0.2, -0.15) is 0 Å². The molecule has 0 aliphatic carbocycles. The summed E-state index contributed by atoms with van der Waals surface area (Å²) >= 11 is 0.